The van der Waals surface area contributed by atoms with Crippen molar-refractivity contribution in [2.24, 2.45) is 5.73 Å². The molecule has 3 N–H and O–H groups in total. The van der Waals surface area contributed by atoms with Crippen molar-refractivity contribution in [1.82, 2.24) is 5.32 Å². The van der Waals surface area contributed by atoms with Crippen LogP contribution in [0, 0.1) is 0 Å². The first-order chi connectivity index (χ1) is 8.49. The third-order valence-electron chi connectivity index (χ3n) is 2.83. The third-order valence-corrected chi connectivity index (χ3v) is 2.83. The molecule has 0 aliphatic heterocycles. The van der Waals surface area contributed by atoms with Crippen LogP contribution in [-0.4, -0.2) is 26.2 Å². The maximum atomic E-state index is 11.0. The molecular weight excluding hydrogens is 232 g/mol. The number of hydrogen-bond donors (Lipinski definition) is 2. The van der Waals surface area contributed by atoms with Crippen LogP contribution in [-0.2, 0) is 4.79 Å². The van der Waals surface area contributed by atoms with E-state index >= 15 is 0 Å². The van der Waals surface area contributed by atoms with E-state index in [1.165, 1.54) is 0 Å². The van der Waals surface area contributed by atoms with Crippen molar-refractivity contribution < 1.29 is 14.3 Å². The zero-order chi connectivity index (χ0) is 13.7. The van der Waals surface area contributed by atoms with Crippen LogP contribution in [0.1, 0.15) is 25.5 Å². The van der Waals surface area contributed by atoms with Gasteiger partial charge >= 0.3 is 0 Å². The lowest BCUT2D eigenvalue weighted by Crippen LogP contribution is -2.30. The fraction of sp³-hybridized carbons (Fsp3) is 0.462. The van der Waals surface area contributed by atoms with E-state index < -0.39 is 12.0 Å². The van der Waals surface area contributed by atoms with Gasteiger partial charge in [-0.25, -0.2) is 0 Å². The van der Waals surface area contributed by atoms with Crippen LogP contribution in [0.2, 0.25) is 0 Å². The normalized spacial score (nSPS) is 13.8. The van der Waals surface area contributed by atoms with Crippen molar-refractivity contribution in [1.29, 1.82) is 0 Å². The number of nitrogens with one attached hydrogen (secondary N) is 1. The molecule has 0 saturated heterocycles. The van der Waals surface area contributed by atoms with Crippen LogP contribution >= 0.6 is 0 Å². The Kier molecular flexibility index (Phi) is 4.97. The average molecular weight is 252 g/mol. The summed E-state index contributed by atoms with van der Waals surface area (Å²) in [4.78, 5) is 11.0. The number of carbonyl (C=O) groups excluding carboxylic acids is 1. The van der Waals surface area contributed by atoms with E-state index in [1.54, 1.807) is 20.1 Å². The topological polar surface area (TPSA) is 73.6 Å². The van der Waals surface area contributed by atoms with Gasteiger partial charge in [-0.05, 0) is 38.6 Å². The van der Waals surface area contributed by atoms with Crippen molar-refractivity contribution >= 4 is 5.91 Å². The Hall–Kier alpha value is -1.75. The summed E-state index contributed by atoms with van der Waals surface area (Å²) in [5.41, 5.74) is 6.24. The van der Waals surface area contributed by atoms with Gasteiger partial charge in [-0.1, -0.05) is 6.07 Å². The highest BCUT2D eigenvalue weighted by Gasteiger charge is 2.15. The molecule has 100 valence electrons. The number of hydrogen-bond acceptors (Lipinski definition) is 4. The highest BCUT2D eigenvalue weighted by atomic mass is 16.5. The van der Waals surface area contributed by atoms with Gasteiger partial charge in [-0.2, -0.15) is 0 Å². The Balaban J connectivity index is 2.96. The molecule has 0 saturated carbocycles. The second-order valence-electron chi connectivity index (χ2n) is 4.08. The van der Waals surface area contributed by atoms with Crippen LogP contribution in [0.15, 0.2) is 18.2 Å². The molecule has 0 aliphatic rings. The molecule has 18 heavy (non-hydrogen) atoms. The number of amides is 1. The monoisotopic (exact) mass is 252 g/mol. The first kappa shape index (κ1) is 14.3. The number of rotatable bonds is 6. The number of carbonyl (C=O) groups is 1. The standard InChI is InChI=1S/C13H20N2O3/c1-8(15-3)10-5-6-11(12(7-10)17-4)18-9(2)13(14)16/h5-9,15H,1-4H3,(H2,14,16). The smallest absolute Gasteiger partial charge is 0.258 e. The van der Waals surface area contributed by atoms with E-state index in [1.807, 2.05) is 26.1 Å². The predicted octanol–water partition coefficient (Wildman–Crippen LogP) is 1.23. The highest BCUT2D eigenvalue weighted by molar-refractivity contribution is 5.78. The molecule has 1 rings (SSSR count). The van der Waals surface area contributed by atoms with Crippen LogP contribution in [0.4, 0.5) is 0 Å². The summed E-state index contributed by atoms with van der Waals surface area (Å²) in [7, 11) is 3.45. The first-order valence-corrected chi connectivity index (χ1v) is 5.80. The average Bonchev–Trinajstić information content (AvgIpc) is 2.37. The SMILES string of the molecule is CNC(C)c1ccc(OC(C)C(N)=O)c(OC)c1. The zero-order valence-electron chi connectivity index (χ0n) is 11.2. The van der Waals surface area contributed by atoms with Gasteiger partial charge in [0.05, 0.1) is 7.11 Å². The summed E-state index contributed by atoms with van der Waals surface area (Å²) in [5.74, 6) is 0.586. The fourth-order valence-corrected chi connectivity index (χ4v) is 1.47. The molecule has 0 heterocycles. The van der Waals surface area contributed by atoms with Gasteiger partial charge in [0.2, 0.25) is 0 Å². The number of nitrogens with two attached hydrogens (primary N) is 1. The summed E-state index contributed by atoms with van der Waals surface area (Å²) in [5, 5.41) is 3.14. The van der Waals surface area contributed by atoms with Gasteiger partial charge in [-0.3, -0.25) is 4.79 Å². The van der Waals surface area contributed by atoms with Crippen LogP contribution < -0.4 is 20.5 Å². The lowest BCUT2D eigenvalue weighted by Gasteiger charge is -2.17. The lowest BCUT2D eigenvalue weighted by molar-refractivity contribution is -0.124. The maximum Gasteiger partial charge on any atom is 0.258 e. The minimum Gasteiger partial charge on any atom is -0.493 e. The van der Waals surface area contributed by atoms with Gasteiger partial charge < -0.3 is 20.5 Å². The third kappa shape index (κ3) is 3.37. The van der Waals surface area contributed by atoms with E-state index in [0.29, 0.717) is 11.5 Å². The minimum absolute atomic E-state index is 0.210. The number of ether oxygens (including phenoxy) is 2. The second kappa shape index (κ2) is 6.26. The molecule has 1 aromatic carbocycles. The van der Waals surface area contributed by atoms with Crippen LogP contribution in [0.25, 0.3) is 0 Å². The van der Waals surface area contributed by atoms with E-state index in [-0.39, 0.29) is 6.04 Å². The molecule has 2 unspecified atom stereocenters. The molecule has 5 nitrogen and oxygen atoms in total. The molecule has 2 atom stereocenters. The van der Waals surface area contributed by atoms with Gasteiger partial charge in [-0.15, -0.1) is 0 Å². The van der Waals surface area contributed by atoms with Crippen molar-refractivity contribution in [3.8, 4) is 11.5 Å². The molecule has 1 aromatic rings. The van der Waals surface area contributed by atoms with Gasteiger partial charge in [0.15, 0.2) is 17.6 Å². The van der Waals surface area contributed by atoms with Crippen molar-refractivity contribution in [2.45, 2.75) is 26.0 Å². The van der Waals surface area contributed by atoms with Crippen LogP contribution in [0.5, 0.6) is 11.5 Å². The summed E-state index contributed by atoms with van der Waals surface area (Å²) < 4.78 is 10.7. The fourth-order valence-electron chi connectivity index (χ4n) is 1.47. The summed E-state index contributed by atoms with van der Waals surface area (Å²) in [6.45, 7) is 3.65. The molecule has 0 aromatic heterocycles. The summed E-state index contributed by atoms with van der Waals surface area (Å²) >= 11 is 0. The molecule has 5 heteroatoms. The molecule has 0 fully saturated rings. The summed E-state index contributed by atoms with van der Waals surface area (Å²) in [6, 6.07) is 5.79. The quantitative estimate of drug-likeness (QED) is 0.798. The number of benzene rings is 1. The minimum atomic E-state index is -0.688. The van der Waals surface area contributed by atoms with Crippen molar-refractivity contribution in [3.05, 3.63) is 23.8 Å². The van der Waals surface area contributed by atoms with Gasteiger partial charge in [0.1, 0.15) is 0 Å². The van der Waals surface area contributed by atoms with Crippen LogP contribution in [0.3, 0.4) is 0 Å². The second-order valence-corrected chi connectivity index (χ2v) is 4.08. The Morgan fingerprint density at radius 1 is 1.33 bits per heavy atom. The van der Waals surface area contributed by atoms with E-state index in [0.717, 1.165) is 5.56 Å². The van der Waals surface area contributed by atoms with E-state index in [4.69, 9.17) is 15.2 Å². The van der Waals surface area contributed by atoms with E-state index in [9.17, 15) is 4.79 Å². The number of methoxy groups -OCH3 is 1. The predicted molar refractivity (Wildman–Crippen MR) is 69.8 cm³/mol. The zero-order valence-corrected chi connectivity index (χ0v) is 11.2. The van der Waals surface area contributed by atoms with Gasteiger partial charge in [0, 0.05) is 6.04 Å². The van der Waals surface area contributed by atoms with Crippen molar-refractivity contribution in [2.75, 3.05) is 14.2 Å². The molecule has 0 radical (unpaired) electrons. The Morgan fingerprint density at radius 2 is 2.00 bits per heavy atom. The van der Waals surface area contributed by atoms with E-state index in [2.05, 4.69) is 5.32 Å². The Labute approximate surface area is 107 Å². The van der Waals surface area contributed by atoms with Gasteiger partial charge in [0.25, 0.3) is 5.91 Å². The summed E-state index contributed by atoms with van der Waals surface area (Å²) in [6.07, 6.45) is -0.688. The van der Waals surface area contributed by atoms with Crippen molar-refractivity contribution in [3.63, 3.8) is 0 Å². The largest absolute Gasteiger partial charge is 0.493 e. The molecule has 1 amide bonds. The lowest BCUT2D eigenvalue weighted by atomic mass is 10.1. The highest BCUT2D eigenvalue weighted by Crippen LogP contribution is 2.30. The maximum absolute atomic E-state index is 11.0. The first-order valence-electron chi connectivity index (χ1n) is 5.80. The number of primary amides is 1. The molecule has 0 spiro atoms. The molecule has 0 bridgehead atoms. The Bertz CT molecular complexity index is 421. The Morgan fingerprint density at radius 3 is 2.50 bits per heavy atom. The molecule has 0 aliphatic carbocycles. The molecular formula is C13H20N2O3.